The number of aromatic amines is 1. The number of urea groups is 1. The van der Waals surface area contributed by atoms with Crippen molar-refractivity contribution in [3.8, 4) is 0 Å². The van der Waals surface area contributed by atoms with Crippen LogP contribution in [-0.4, -0.2) is 27.3 Å². The second-order valence-corrected chi connectivity index (χ2v) is 7.56. The molecule has 2 aliphatic rings. The molecule has 6 nitrogen and oxygen atoms in total. The van der Waals surface area contributed by atoms with Crippen LogP contribution in [0.25, 0.3) is 11.0 Å². The molecule has 3 aromatic rings. The van der Waals surface area contributed by atoms with Crippen molar-refractivity contribution in [3.63, 3.8) is 0 Å². The molecule has 0 fully saturated rings. The molecular formula is C20H17N5OS. The molecule has 1 aromatic heterocycles. The van der Waals surface area contributed by atoms with E-state index in [-0.39, 0.29) is 17.3 Å². The fourth-order valence-electron chi connectivity index (χ4n) is 3.41. The number of para-hydroxylation sites is 3. The molecule has 2 atom stereocenters. The van der Waals surface area contributed by atoms with Crippen LogP contribution in [0.3, 0.4) is 0 Å². The molecule has 1 aliphatic carbocycles. The number of nitrogens with zero attached hydrogens (tertiary/aromatic N) is 2. The smallest absolute Gasteiger partial charge is 0.323 e. The van der Waals surface area contributed by atoms with Crippen molar-refractivity contribution in [1.82, 2.24) is 15.4 Å². The summed E-state index contributed by atoms with van der Waals surface area (Å²) in [5.41, 5.74) is 8.34. The maximum atomic E-state index is 13.0. The number of aromatic nitrogens is 2. The minimum atomic E-state index is -0.224. The van der Waals surface area contributed by atoms with Gasteiger partial charge in [0, 0.05) is 4.90 Å². The lowest BCUT2D eigenvalue weighted by atomic mass is 10.1. The van der Waals surface area contributed by atoms with Crippen LogP contribution in [0.5, 0.6) is 0 Å². The van der Waals surface area contributed by atoms with Gasteiger partial charge in [-0.05, 0) is 24.3 Å². The predicted molar refractivity (Wildman–Crippen MR) is 109 cm³/mol. The Morgan fingerprint density at radius 1 is 1.07 bits per heavy atom. The summed E-state index contributed by atoms with van der Waals surface area (Å²) in [5, 5.41) is 0.196. The van der Waals surface area contributed by atoms with Crippen molar-refractivity contribution in [1.29, 1.82) is 0 Å². The molecule has 2 heterocycles. The number of imidazole rings is 1. The highest BCUT2D eigenvalue weighted by Gasteiger charge is 2.36. The van der Waals surface area contributed by atoms with Crippen molar-refractivity contribution in [2.24, 2.45) is 0 Å². The first-order valence-electron chi connectivity index (χ1n) is 8.70. The molecule has 0 unspecified atom stereocenters. The van der Waals surface area contributed by atoms with Gasteiger partial charge < -0.3 is 4.98 Å². The van der Waals surface area contributed by atoms with Crippen LogP contribution in [0.15, 0.2) is 77.7 Å². The van der Waals surface area contributed by atoms with Gasteiger partial charge in [0.15, 0.2) is 0 Å². The molecule has 134 valence electrons. The molecule has 1 aliphatic heterocycles. The van der Waals surface area contributed by atoms with E-state index in [1.54, 1.807) is 16.7 Å². The second-order valence-electron chi connectivity index (χ2n) is 6.34. The number of benzene rings is 2. The Kier molecular flexibility index (Phi) is 3.86. The summed E-state index contributed by atoms with van der Waals surface area (Å²) < 4.78 is 0. The van der Waals surface area contributed by atoms with Crippen LogP contribution in [0.2, 0.25) is 0 Å². The van der Waals surface area contributed by atoms with Gasteiger partial charge in [0.2, 0.25) is 5.95 Å². The molecule has 0 spiro atoms. The summed E-state index contributed by atoms with van der Waals surface area (Å²) in [6.45, 7) is 0. The summed E-state index contributed by atoms with van der Waals surface area (Å²) in [4.78, 5) is 23.5. The summed E-state index contributed by atoms with van der Waals surface area (Å²) >= 11 is 1.78. The van der Waals surface area contributed by atoms with Crippen molar-refractivity contribution >= 4 is 40.5 Å². The largest absolute Gasteiger partial charge is 0.341 e. The average Bonchev–Trinajstić information content (AvgIpc) is 3.13. The van der Waals surface area contributed by atoms with Crippen molar-refractivity contribution in [2.45, 2.75) is 16.2 Å². The molecule has 2 amide bonds. The lowest BCUT2D eigenvalue weighted by Crippen LogP contribution is -2.53. The molecule has 0 saturated carbocycles. The maximum absolute atomic E-state index is 13.0. The van der Waals surface area contributed by atoms with Gasteiger partial charge in [0.25, 0.3) is 0 Å². The lowest BCUT2D eigenvalue weighted by Gasteiger charge is -2.40. The molecule has 0 radical (unpaired) electrons. The van der Waals surface area contributed by atoms with Crippen LogP contribution >= 0.6 is 11.8 Å². The van der Waals surface area contributed by atoms with Crippen molar-refractivity contribution < 1.29 is 4.79 Å². The Hall–Kier alpha value is -3.19. The minimum Gasteiger partial charge on any atom is -0.323 e. The second kappa shape index (κ2) is 6.51. The van der Waals surface area contributed by atoms with Crippen LogP contribution in [-0.2, 0) is 0 Å². The van der Waals surface area contributed by atoms with E-state index in [9.17, 15) is 4.79 Å². The summed E-state index contributed by atoms with van der Waals surface area (Å²) in [6.07, 6.45) is 8.22. The molecule has 5 rings (SSSR count). The fourth-order valence-corrected chi connectivity index (χ4v) is 4.67. The number of hydrogen-bond acceptors (Lipinski definition) is 4. The summed E-state index contributed by atoms with van der Waals surface area (Å²) in [7, 11) is 0. The van der Waals surface area contributed by atoms with Gasteiger partial charge in [0.05, 0.1) is 28.0 Å². The molecule has 27 heavy (non-hydrogen) atoms. The van der Waals surface area contributed by atoms with E-state index >= 15 is 0 Å². The Balaban J connectivity index is 1.41. The Morgan fingerprint density at radius 3 is 2.81 bits per heavy atom. The Bertz CT molecular complexity index is 1040. The molecular weight excluding hydrogens is 358 g/mol. The van der Waals surface area contributed by atoms with E-state index in [0.29, 0.717) is 5.95 Å². The van der Waals surface area contributed by atoms with Gasteiger partial charge in [-0.2, -0.15) is 0 Å². The van der Waals surface area contributed by atoms with Gasteiger partial charge in [-0.3, -0.25) is 10.3 Å². The normalized spacial score (nSPS) is 20.2. The molecule has 3 N–H and O–H groups in total. The molecule has 0 saturated heterocycles. The number of hydrogen-bond donors (Lipinski definition) is 3. The predicted octanol–water partition coefficient (Wildman–Crippen LogP) is 4.07. The Labute approximate surface area is 160 Å². The van der Waals surface area contributed by atoms with Crippen LogP contribution in [0.1, 0.15) is 0 Å². The number of carbonyl (C=O) groups excluding carboxylic acids is 1. The first-order valence-corrected chi connectivity index (χ1v) is 9.58. The summed E-state index contributed by atoms with van der Waals surface area (Å²) in [5.74, 6) is 0.500. The lowest BCUT2D eigenvalue weighted by molar-refractivity contribution is 0.246. The third kappa shape index (κ3) is 2.86. The number of rotatable bonds is 2. The first-order chi connectivity index (χ1) is 13.3. The van der Waals surface area contributed by atoms with Gasteiger partial charge in [-0.1, -0.05) is 48.6 Å². The van der Waals surface area contributed by atoms with Crippen LogP contribution in [0, 0.1) is 0 Å². The van der Waals surface area contributed by atoms with E-state index in [0.717, 1.165) is 21.6 Å². The third-order valence-corrected chi connectivity index (χ3v) is 5.95. The first kappa shape index (κ1) is 16.0. The van der Waals surface area contributed by atoms with Gasteiger partial charge in [-0.25, -0.2) is 15.2 Å². The minimum absolute atomic E-state index is 0.0348. The van der Waals surface area contributed by atoms with E-state index in [4.69, 9.17) is 0 Å². The number of fused-ring (bicyclic) bond motifs is 3. The van der Waals surface area contributed by atoms with Crippen molar-refractivity contribution in [2.75, 3.05) is 10.3 Å². The number of thioether (sulfide) groups is 1. The van der Waals surface area contributed by atoms with E-state index in [1.807, 2.05) is 54.6 Å². The zero-order chi connectivity index (χ0) is 18.2. The Morgan fingerprint density at radius 2 is 1.89 bits per heavy atom. The highest BCUT2D eigenvalue weighted by molar-refractivity contribution is 8.00. The standard InChI is InChI=1S/C20H17N5OS/c26-20(24-23-19-21-13-7-1-2-8-14(13)22-19)25-15-9-3-5-11-17(15)27-18-12-6-4-10-16(18)25/h1-12,15,17H,(H,24,26)(H2,21,22,23)/t15-,17+/m1/s1. The van der Waals surface area contributed by atoms with E-state index < -0.39 is 0 Å². The number of carbonyl (C=O) groups is 1. The van der Waals surface area contributed by atoms with Gasteiger partial charge in [-0.15, -0.1) is 11.8 Å². The van der Waals surface area contributed by atoms with Gasteiger partial charge in [0.1, 0.15) is 0 Å². The SMILES string of the molecule is O=C(NNc1nc2ccccc2[nH]1)N1c2ccccc2S[C@H]2C=CC=C[C@H]21. The zero-order valence-corrected chi connectivity index (χ0v) is 15.1. The van der Waals surface area contributed by atoms with Crippen LogP contribution < -0.4 is 15.8 Å². The quantitative estimate of drug-likeness (QED) is 0.590. The monoisotopic (exact) mass is 375 g/mol. The average molecular weight is 375 g/mol. The summed E-state index contributed by atoms with van der Waals surface area (Å²) in [6, 6.07) is 15.4. The number of amides is 2. The number of H-pyrrole nitrogens is 1. The highest BCUT2D eigenvalue weighted by Crippen LogP contribution is 2.43. The van der Waals surface area contributed by atoms with E-state index in [1.165, 1.54) is 0 Å². The van der Waals surface area contributed by atoms with E-state index in [2.05, 4.69) is 39.0 Å². The third-order valence-electron chi connectivity index (χ3n) is 4.64. The number of allylic oxidation sites excluding steroid dienone is 2. The topological polar surface area (TPSA) is 73.0 Å². The molecule has 2 aromatic carbocycles. The fraction of sp³-hybridized carbons (Fsp3) is 0.100. The highest BCUT2D eigenvalue weighted by atomic mass is 32.2. The maximum Gasteiger partial charge on any atom is 0.341 e. The number of anilines is 2. The molecule has 0 bridgehead atoms. The van der Waals surface area contributed by atoms with Crippen LogP contribution in [0.4, 0.5) is 16.4 Å². The number of nitrogens with one attached hydrogen (secondary N) is 3. The van der Waals surface area contributed by atoms with Gasteiger partial charge >= 0.3 is 6.03 Å². The zero-order valence-electron chi connectivity index (χ0n) is 14.3. The molecule has 7 heteroatoms. The number of hydrazine groups is 1. The van der Waals surface area contributed by atoms with Crippen molar-refractivity contribution in [3.05, 3.63) is 72.8 Å².